The van der Waals surface area contributed by atoms with Gasteiger partial charge in [0.1, 0.15) is 0 Å². The maximum absolute atomic E-state index is 13.0. The molecule has 0 saturated heterocycles. The van der Waals surface area contributed by atoms with Crippen LogP contribution in [0.15, 0.2) is 22.7 Å². The molecular weight excluding hydrogens is 351 g/mol. The van der Waals surface area contributed by atoms with Crippen molar-refractivity contribution in [2.24, 2.45) is 5.41 Å². The van der Waals surface area contributed by atoms with Gasteiger partial charge >= 0.3 is 12.1 Å². The monoisotopic (exact) mass is 365 g/mol. The lowest BCUT2D eigenvalue weighted by atomic mass is 9.66. The van der Waals surface area contributed by atoms with E-state index in [0.717, 1.165) is 25.3 Å². The second kappa shape index (κ2) is 5.87. The molecule has 0 radical (unpaired) electrons. The molecule has 0 spiro atoms. The molecule has 1 saturated carbocycles. The number of aliphatic carboxylic acids is 1. The minimum absolute atomic E-state index is 0.0185. The van der Waals surface area contributed by atoms with Crippen LogP contribution in [0, 0.1) is 5.41 Å². The number of nitrogens with one attached hydrogen (secondary N) is 1. The van der Waals surface area contributed by atoms with Crippen LogP contribution in [-0.4, -0.2) is 17.6 Å². The van der Waals surface area contributed by atoms with Gasteiger partial charge in [-0.25, -0.2) is 0 Å². The van der Waals surface area contributed by atoms with Crippen molar-refractivity contribution in [3.63, 3.8) is 0 Å². The lowest BCUT2D eigenvalue weighted by Crippen LogP contribution is -2.38. The van der Waals surface area contributed by atoms with Crippen LogP contribution in [0.2, 0.25) is 0 Å². The molecule has 0 heterocycles. The van der Waals surface area contributed by atoms with Crippen molar-refractivity contribution in [3.8, 4) is 0 Å². The van der Waals surface area contributed by atoms with Crippen LogP contribution >= 0.6 is 15.9 Å². The maximum atomic E-state index is 13.0. The zero-order valence-electron chi connectivity index (χ0n) is 11.1. The number of carbonyl (C=O) groups is 1. The average Bonchev–Trinajstić information content (AvgIpc) is 2.30. The number of hydrogen-bond acceptors (Lipinski definition) is 2. The Morgan fingerprint density at radius 2 is 2.05 bits per heavy atom. The van der Waals surface area contributed by atoms with E-state index in [4.69, 9.17) is 5.11 Å². The van der Waals surface area contributed by atoms with Crippen LogP contribution in [0.1, 0.15) is 31.2 Å². The van der Waals surface area contributed by atoms with E-state index in [0.29, 0.717) is 4.47 Å². The molecule has 0 bridgehead atoms. The maximum Gasteiger partial charge on any atom is 0.418 e. The number of hydrogen-bond donors (Lipinski definition) is 2. The van der Waals surface area contributed by atoms with E-state index in [-0.39, 0.29) is 18.7 Å². The van der Waals surface area contributed by atoms with Crippen molar-refractivity contribution in [3.05, 3.63) is 28.2 Å². The zero-order chi connectivity index (χ0) is 15.7. The number of carboxylic acids is 1. The molecular formula is C14H15BrF3NO2. The van der Waals surface area contributed by atoms with Crippen molar-refractivity contribution in [2.45, 2.75) is 31.9 Å². The Bertz CT molecular complexity index is 542. The highest BCUT2D eigenvalue weighted by molar-refractivity contribution is 9.10. The van der Waals surface area contributed by atoms with E-state index in [1.807, 2.05) is 0 Å². The number of benzene rings is 1. The van der Waals surface area contributed by atoms with Crippen LogP contribution < -0.4 is 5.32 Å². The number of carboxylic acid groups (broad SMARTS) is 1. The first-order valence-corrected chi connectivity index (χ1v) is 7.34. The van der Waals surface area contributed by atoms with Gasteiger partial charge in [-0.05, 0) is 36.5 Å². The summed E-state index contributed by atoms with van der Waals surface area (Å²) in [6, 6.07) is 3.72. The number of halogens is 4. The summed E-state index contributed by atoms with van der Waals surface area (Å²) in [4.78, 5) is 10.9. The second-order valence-electron chi connectivity index (χ2n) is 5.47. The molecule has 1 fully saturated rings. The molecule has 3 nitrogen and oxygen atoms in total. The standard InChI is InChI=1S/C14H15BrF3NO2/c15-9-2-3-10(14(16,17)18)11(6-9)19-8-13(4-1-5-13)7-12(20)21/h2-3,6,19H,1,4-5,7-8H2,(H,20,21). The lowest BCUT2D eigenvalue weighted by molar-refractivity contribution is -0.141. The van der Waals surface area contributed by atoms with Gasteiger partial charge in [-0.15, -0.1) is 0 Å². The normalized spacial score (nSPS) is 17.1. The van der Waals surface area contributed by atoms with Crippen LogP contribution in [0.4, 0.5) is 18.9 Å². The Kier molecular flexibility index (Phi) is 4.51. The van der Waals surface area contributed by atoms with E-state index in [2.05, 4.69) is 21.2 Å². The zero-order valence-corrected chi connectivity index (χ0v) is 12.7. The number of anilines is 1. The highest BCUT2D eigenvalue weighted by Gasteiger charge is 2.40. The van der Waals surface area contributed by atoms with E-state index in [1.165, 1.54) is 12.1 Å². The minimum atomic E-state index is -4.44. The molecule has 2 rings (SSSR count). The predicted molar refractivity (Wildman–Crippen MR) is 76.2 cm³/mol. The predicted octanol–water partition coefficient (Wildman–Crippen LogP) is 4.52. The fourth-order valence-corrected chi connectivity index (χ4v) is 2.97. The summed E-state index contributed by atoms with van der Waals surface area (Å²) in [5, 5.41) is 11.7. The summed E-state index contributed by atoms with van der Waals surface area (Å²) in [7, 11) is 0. The molecule has 0 unspecified atom stereocenters. The number of alkyl halides is 3. The first-order chi connectivity index (χ1) is 9.72. The molecule has 1 aromatic rings. The highest BCUT2D eigenvalue weighted by atomic mass is 79.9. The summed E-state index contributed by atoms with van der Waals surface area (Å²) in [5.41, 5.74) is -1.19. The largest absolute Gasteiger partial charge is 0.481 e. The second-order valence-corrected chi connectivity index (χ2v) is 6.38. The molecule has 1 aliphatic rings. The van der Waals surface area contributed by atoms with Gasteiger partial charge in [-0.2, -0.15) is 13.2 Å². The third-order valence-electron chi connectivity index (χ3n) is 3.88. The van der Waals surface area contributed by atoms with E-state index >= 15 is 0 Å². The molecule has 21 heavy (non-hydrogen) atoms. The van der Waals surface area contributed by atoms with Crippen LogP contribution in [-0.2, 0) is 11.0 Å². The van der Waals surface area contributed by atoms with Gasteiger partial charge in [0.05, 0.1) is 12.0 Å². The van der Waals surface area contributed by atoms with Crippen LogP contribution in [0.5, 0.6) is 0 Å². The van der Waals surface area contributed by atoms with Gasteiger partial charge in [0, 0.05) is 16.7 Å². The average molecular weight is 366 g/mol. The fraction of sp³-hybridized carbons (Fsp3) is 0.500. The van der Waals surface area contributed by atoms with Crippen LogP contribution in [0.3, 0.4) is 0 Å². The Balaban J connectivity index is 2.16. The van der Waals surface area contributed by atoms with Gasteiger partial charge in [0.25, 0.3) is 0 Å². The third kappa shape index (κ3) is 3.90. The molecule has 7 heteroatoms. The highest BCUT2D eigenvalue weighted by Crippen LogP contribution is 2.45. The SMILES string of the molecule is O=C(O)CC1(CNc2cc(Br)ccc2C(F)(F)F)CCC1. The first-order valence-electron chi connectivity index (χ1n) is 6.54. The molecule has 1 aromatic carbocycles. The van der Waals surface area contributed by atoms with Crippen molar-refractivity contribution >= 4 is 27.6 Å². The Morgan fingerprint density at radius 3 is 2.52 bits per heavy atom. The van der Waals surface area contributed by atoms with Crippen molar-refractivity contribution in [1.82, 2.24) is 0 Å². The molecule has 0 amide bonds. The Labute approximate surface area is 128 Å². The van der Waals surface area contributed by atoms with Crippen molar-refractivity contribution in [1.29, 1.82) is 0 Å². The van der Waals surface area contributed by atoms with Gasteiger partial charge in [0.15, 0.2) is 0 Å². The van der Waals surface area contributed by atoms with E-state index in [9.17, 15) is 18.0 Å². The smallest absolute Gasteiger partial charge is 0.418 e. The van der Waals surface area contributed by atoms with Gasteiger partial charge in [-0.1, -0.05) is 22.4 Å². The van der Waals surface area contributed by atoms with Gasteiger partial charge in [0.2, 0.25) is 0 Å². The Hall–Kier alpha value is -1.24. The summed E-state index contributed by atoms with van der Waals surface area (Å²) in [6.45, 7) is 0.235. The van der Waals surface area contributed by atoms with Crippen molar-refractivity contribution < 1.29 is 23.1 Å². The van der Waals surface area contributed by atoms with E-state index in [1.54, 1.807) is 0 Å². The molecule has 0 aliphatic heterocycles. The summed E-state index contributed by atoms with van der Waals surface area (Å²) in [6.07, 6.45) is -2.10. The molecule has 2 N–H and O–H groups in total. The topological polar surface area (TPSA) is 49.3 Å². The summed E-state index contributed by atoms with van der Waals surface area (Å²) in [5.74, 6) is -0.915. The quantitative estimate of drug-likeness (QED) is 0.805. The Morgan fingerprint density at radius 1 is 1.38 bits per heavy atom. The summed E-state index contributed by atoms with van der Waals surface area (Å²) < 4.78 is 39.4. The first kappa shape index (κ1) is 16.1. The third-order valence-corrected chi connectivity index (χ3v) is 4.37. The molecule has 0 aromatic heterocycles. The van der Waals surface area contributed by atoms with Crippen molar-refractivity contribution in [2.75, 3.05) is 11.9 Å². The fourth-order valence-electron chi connectivity index (χ4n) is 2.61. The lowest BCUT2D eigenvalue weighted by Gasteiger charge is -2.41. The molecule has 1 aliphatic carbocycles. The number of rotatable bonds is 5. The van der Waals surface area contributed by atoms with E-state index < -0.39 is 23.1 Å². The van der Waals surface area contributed by atoms with Gasteiger partial charge < -0.3 is 10.4 Å². The van der Waals surface area contributed by atoms with Gasteiger partial charge in [-0.3, -0.25) is 4.79 Å². The molecule has 0 atom stereocenters. The summed E-state index contributed by atoms with van der Waals surface area (Å²) >= 11 is 3.15. The minimum Gasteiger partial charge on any atom is -0.481 e. The molecule has 116 valence electrons. The van der Waals surface area contributed by atoms with Crippen LogP contribution in [0.25, 0.3) is 0 Å².